The van der Waals surface area contributed by atoms with Crippen LogP contribution in [0.4, 0.5) is 0 Å². The molecule has 40 heavy (non-hydrogen) atoms. The van der Waals surface area contributed by atoms with Gasteiger partial charge >= 0.3 is 0 Å². The summed E-state index contributed by atoms with van der Waals surface area (Å²) >= 11 is 0. The molecule has 5 aromatic rings. The van der Waals surface area contributed by atoms with Crippen molar-refractivity contribution in [3.05, 3.63) is 120 Å². The molecule has 4 aromatic carbocycles. The number of fused-ring (bicyclic) bond motifs is 1. The van der Waals surface area contributed by atoms with Crippen molar-refractivity contribution in [2.24, 2.45) is 0 Å². The molecule has 2 heterocycles. The summed E-state index contributed by atoms with van der Waals surface area (Å²) in [5, 5.41) is 14.4. The predicted octanol–water partition coefficient (Wildman–Crippen LogP) is 6.33. The Bertz CT molecular complexity index is 1710. The number of amides is 2. The number of aromatic hydroxyl groups is 1. The first kappa shape index (κ1) is 25.3. The van der Waals surface area contributed by atoms with E-state index in [2.05, 4.69) is 40.6 Å². The molecule has 2 amide bonds. The fourth-order valence-corrected chi connectivity index (χ4v) is 5.29. The maximum absolute atomic E-state index is 13.2. The van der Waals surface area contributed by atoms with Crippen molar-refractivity contribution in [2.75, 3.05) is 6.54 Å². The van der Waals surface area contributed by atoms with E-state index in [-0.39, 0.29) is 17.6 Å². The predicted molar refractivity (Wildman–Crippen MR) is 157 cm³/mol. The minimum Gasteiger partial charge on any atom is -0.506 e. The average Bonchev–Trinajstić information content (AvgIpc) is 3.40. The van der Waals surface area contributed by atoms with Gasteiger partial charge in [-0.3, -0.25) is 14.6 Å². The van der Waals surface area contributed by atoms with Crippen molar-refractivity contribution >= 4 is 22.7 Å². The Balaban J connectivity index is 1.17. The summed E-state index contributed by atoms with van der Waals surface area (Å²) < 4.78 is 0. The van der Waals surface area contributed by atoms with E-state index in [1.165, 1.54) is 0 Å². The van der Waals surface area contributed by atoms with Crippen LogP contribution < -0.4 is 5.32 Å². The van der Waals surface area contributed by atoms with E-state index in [1.54, 1.807) is 18.3 Å². The maximum atomic E-state index is 13.2. The number of phenols is 1. The van der Waals surface area contributed by atoms with E-state index in [1.807, 2.05) is 59.5 Å². The quantitative estimate of drug-likeness (QED) is 0.259. The van der Waals surface area contributed by atoms with Gasteiger partial charge in [-0.15, -0.1) is 0 Å². The zero-order valence-electron chi connectivity index (χ0n) is 22.0. The van der Waals surface area contributed by atoms with Crippen molar-refractivity contribution in [2.45, 2.75) is 25.9 Å². The van der Waals surface area contributed by atoms with Crippen LogP contribution in [0.5, 0.6) is 5.75 Å². The number of carbonyl (C=O) groups excluding carboxylic acids is 2. The molecule has 6 rings (SSSR count). The zero-order chi connectivity index (χ0) is 27.5. The smallest absolute Gasteiger partial charge is 0.251 e. The summed E-state index contributed by atoms with van der Waals surface area (Å²) in [5.74, 6) is 0.162. The van der Waals surface area contributed by atoms with E-state index in [9.17, 15) is 14.7 Å². The number of likely N-dealkylation sites (tertiary alicyclic amines) is 1. The Kier molecular flexibility index (Phi) is 6.98. The molecule has 1 aliphatic heterocycles. The lowest BCUT2D eigenvalue weighted by atomic mass is 9.98. The molecule has 1 aromatic heterocycles. The van der Waals surface area contributed by atoms with Gasteiger partial charge in [-0.25, -0.2) is 0 Å². The molecule has 0 atom stereocenters. The summed E-state index contributed by atoms with van der Waals surface area (Å²) in [6, 6.07) is 31.1. The summed E-state index contributed by atoms with van der Waals surface area (Å²) in [6.07, 6.45) is 3.23. The minimum absolute atomic E-state index is 0.108. The molecule has 0 bridgehead atoms. The van der Waals surface area contributed by atoms with E-state index >= 15 is 0 Å². The number of hydrogen-bond donors (Lipinski definition) is 2. The Morgan fingerprint density at radius 2 is 1.73 bits per heavy atom. The summed E-state index contributed by atoms with van der Waals surface area (Å²) in [7, 11) is 0. The normalized spacial score (nSPS) is 13.1. The summed E-state index contributed by atoms with van der Waals surface area (Å²) in [4.78, 5) is 31.3. The molecule has 0 aliphatic carbocycles. The Hall–Kier alpha value is -4.97. The third-order valence-corrected chi connectivity index (χ3v) is 7.41. The van der Waals surface area contributed by atoms with Gasteiger partial charge in [0, 0.05) is 43.2 Å². The summed E-state index contributed by atoms with van der Waals surface area (Å²) in [5.41, 5.74) is 6.99. The minimum atomic E-state index is -0.172. The molecule has 1 fully saturated rings. The van der Waals surface area contributed by atoms with Crippen LogP contribution in [0.15, 0.2) is 103 Å². The largest absolute Gasteiger partial charge is 0.506 e. The molecule has 0 radical (unpaired) electrons. The SMILES string of the molecule is O=C(NCc1ccccc1-c1ccc(CN2CCCC2=O)cc1)c1cccc(-c2cc(O)c3ncccc3c2)c1. The standard InChI is InChI=1S/C34H29N3O3/c38-31-20-29(19-26-9-4-16-35-33(26)31)25-7-3-8-27(18-25)34(40)36-21-28-6-1-2-10-30(28)24-14-12-23(13-15-24)22-37-17-5-11-32(37)39/h1-4,6-10,12-16,18-20,38H,5,11,17,21-22H2,(H,36,40). The summed E-state index contributed by atoms with van der Waals surface area (Å²) in [6.45, 7) is 1.85. The monoisotopic (exact) mass is 527 g/mol. The van der Waals surface area contributed by atoms with Crippen molar-refractivity contribution < 1.29 is 14.7 Å². The van der Waals surface area contributed by atoms with Crippen LogP contribution in [0.1, 0.15) is 34.3 Å². The number of rotatable bonds is 7. The first-order chi connectivity index (χ1) is 19.5. The van der Waals surface area contributed by atoms with Crippen LogP contribution in [-0.4, -0.2) is 33.3 Å². The lowest BCUT2D eigenvalue weighted by Gasteiger charge is -2.16. The second-order valence-corrected chi connectivity index (χ2v) is 10.1. The van der Waals surface area contributed by atoms with E-state index in [4.69, 9.17) is 0 Å². The second-order valence-electron chi connectivity index (χ2n) is 10.1. The first-order valence-corrected chi connectivity index (χ1v) is 13.5. The van der Waals surface area contributed by atoms with E-state index < -0.39 is 0 Å². The average molecular weight is 528 g/mol. The number of nitrogens with zero attached hydrogens (tertiary/aromatic N) is 2. The fraction of sp³-hybridized carbons (Fsp3) is 0.147. The van der Waals surface area contributed by atoms with Crippen LogP contribution in [0.3, 0.4) is 0 Å². The molecule has 0 spiro atoms. The van der Waals surface area contributed by atoms with Crippen LogP contribution >= 0.6 is 0 Å². The van der Waals surface area contributed by atoms with Gasteiger partial charge in [-0.2, -0.15) is 0 Å². The highest BCUT2D eigenvalue weighted by Gasteiger charge is 2.20. The van der Waals surface area contributed by atoms with Gasteiger partial charge in [0.2, 0.25) is 5.91 Å². The molecular weight excluding hydrogens is 498 g/mol. The van der Waals surface area contributed by atoms with Crippen molar-refractivity contribution in [3.63, 3.8) is 0 Å². The van der Waals surface area contributed by atoms with Crippen LogP contribution in [-0.2, 0) is 17.9 Å². The van der Waals surface area contributed by atoms with Gasteiger partial charge in [0.05, 0.1) is 0 Å². The number of benzene rings is 4. The number of carbonyl (C=O) groups is 2. The highest BCUT2D eigenvalue weighted by atomic mass is 16.3. The highest BCUT2D eigenvalue weighted by molar-refractivity contribution is 5.96. The number of pyridine rings is 1. The molecule has 1 saturated heterocycles. The molecule has 0 saturated carbocycles. The van der Waals surface area contributed by atoms with Crippen molar-refractivity contribution in [3.8, 4) is 28.0 Å². The van der Waals surface area contributed by atoms with Crippen LogP contribution in [0, 0.1) is 0 Å². The molecule has 198 valence electrons. The molecule has 6 heteroatoms. The van der Waals surface area contributed by atoms with Gasteiger partial charge < -0.3 is 15.3 Å². The highest BCUT2D eigenvalue weighted by Crippen LogP contribution is 2.31. The molecule has 2 N–H and O–H groups in total. The fourth-order valence-electron chi connectivity index (χ4n) is 5.29. The number of hydrogen-bond acceptors (Lipinski definition) is 4. The van der Waals surface area contributed by atoms with Gasteiger partial charge in [-0.1, -0.05) is 66.7 Å². The molecule has 0 unspecified atom stereocenters. The Morgan fingerprint density at radius 1 is 0.875 bits per heavy atom. The third kappa shape index (κ3) is 5.29. The van der Waals surface area contributed by atoms with Gasteiger partial charge in [0.25, 0.3) is 5.91 Å². The van der Waals surface area contributed by atoms with Gasteiger partial charge in [0.1, 0.15) is 11.3 Å². The number of phenolic OH excluding ortho intramolecular Hbond substituents is 1. The molecule has 1 aliphatic rings. The zero-order valence-corrected chi connectivity index (χ0v) is 22.0. The topological polar surface area (TPSA) is 82.5 Å². The molecule has 6 nitrogen and oxygen atoms in total. The Morgan fingerprint density at radius 3 is 2.55 bits per heavy atom. The second kappa shape index (κ2) is 11.0. The van der Waals surface area contributed by atoms with E-state index in [0.29, 0.717) is 30.6 Å². The number of aromatic nitrogens is 1. The van der Waals surface area contributed by atoms with Crippen LogP contribution in [0.25, 0.3) is 33.2 Å². The van der Waals surface area contributed by atoms with E-state index in [0.717, 1.165) is 51.7 Å². The van der Waals surface area contributed by atoms with Crippen molar-refractivity contribution in [1.82, 2.24) is 15.2 Å². The Labute approximate surface area is 232 Å². The lowest BCUT2D eigenvalue weighted by molar-refractivity contribution is -0.128. The maximum Gasteiger partial charge on any atom is 0.251 e. The third-order valence-electron chi connectivity index (χ3n) is 7.41. The van der Waals surface area contributed by atoms with Gasteiger partial charge in [0.15, 0.2) is 0 Å². The number of nitrogens with one attached hydrogen (secondary N) is 1. The lowest BCUT2D eigenvalue weighted by Crippen LogP contribution is -2.23. The van der Waals surface area contributed by atoms with Crippen LogP contribution in [0.2, 0.25) is 0 Å². The van der Waals surface area contributed by atoms with Gasteiger partial charge in [-0.05, 0) is 70.1 Å². The first-order valence-electron chi connectivity index (χ1n) is 13.5. The van der Waals surface area contributed by atoms with Crippen molar-refractivity contribution in [1.29, 1.82) is 0 Å². The molecular formula is C34H29N3O3.